The highest BCUT2D eigenvalue weighted by Gasteiger charge is 2.24. The van der Waals surface area contributed by atoms with Crippen molar-refractivity contribution in [3.63, 3.8) is 0 Å². The van der Waals surface area contributed by atoms with Gasteiger partial charge in [0.05, 0.1) is 23.9 Å². The number of hydrogen-bond donors (Lipinski definition) is 0. The molecule has 40 heavy (non-hydrogen) atoms. The molecule has 0 amide bonds. The van der Waals surface area contributed by atoms with Gasteiger partial charge in [-0.05, 0) is 48.9 Å². The van der Waals surface area contributed by atoms with Gasteiger partial charge < -0.3 is 4.74 Å². The molecule has 0 aliphatic carbocycles. The first-order valence-electron chi connectivity index (χ1n) is 12.9. The molecule has 4 aromatic heterocycles. The maximum absolute atomic E-state index is 14.0. The molecule has 0 fully saturated rings. The Kier molecular flexibility index (Phi) is 5.38. The van der Waals surface area contributed by atoms with Crippen molar-refractivity contribution in [2.45, 2.75) is 6.92 Å². The summed E-state index contributed by atoms with van der Waals surface area (Å²) in [5.74, 6) is 1.34. The van der Waals surface area contributed by atoms with E-state index in [2.05, 4.69) is 0 Å². The number of hydrogen-bond acceptors (Lipinski definition) is 5. The van der Waals surface area contributed by atoms with Crippen LogP contribution in [-0.2, 0) is 7.05 Å². The Labute approximate surface area is 229 Å². The average Bonchev–Trinajstić information content (AvgIpc) is 3.66. The minimum Gasteiger partial charge on any atom is -0.497 e. The summed E-state index contributed by atoms with van der Waals surface area (Å²) >= 11 is 0. The molecule has 9 nitrogen and oxygen atoms in total. The fourth-order valence-electron chi connectivity index (χ4n) is 5.23. The highest BCUT2D eigenvalue weighted by atomic mass is 16.5. The highest BCUT2D eigenvalue weighted by Crippen LogP contribution is 2.35. The third-order valence-corrected chi connectivity index (χ3v) is 7.32. The van der Waals surface area contributed by atoms with Crippen LogP contribution >= 0.6 is 0 Å². The normalized spacial score (nSPS) is 11.5. The maximum Gasteiger partial charge on any atom is 0.295 e. The van der Waals surface area contributed by atoms with Gasteiger partial charge in [0.1, 0.15) is 17.8 Å². The lowest BCUT2D eigenvalue weighted by Gasteiger charge is -2.07. The van der Waals surface area contributed by atoms with E-state index in [1.54, 1.807) is 22.6 Å². The van der Waals surface area contributed by atoms with Crippen molar-refractivity contribution in [2.24, 2.45) is 7.05 Å². The minimum atomic E-state index is -0.134. The lowest BCUT2D eigenvalue weighted by molar-refractivity contribution is 0.415. The molecule has 0 spiro atoms. The Morgan fingerprint density at radius 1 is 0.825 bits per heavy atom. The molecule has 0 atom stereocenters. The summed E-state index contributed by atoms with van der Waals surface area (Å²) in [5.41, 5.74) is 6.06. The predicted molar refractivity (Wildman–Crippen MR) is 154 cm³/mol. The summed E-state index contributed by atoms with van der Waals surface area (Å²) in [5, 5.41) is 5.54. The lowest BCUT2D eigenvalue weighted by Crippen LogP contribution is -2.21. The zero-order valence-electron chi connectivity index (χ0n) is 22.2. The Bertz CT molecular complexity index is 2070. The fourth-order valence-corrected chi connectivity index (χ4v) is 5.23. The van der Waals surface area contributed by atoms with Crippen molar-refractivity contribution in [3.05, 3.63) is 114 Å². The smallest absolute Gasteiger partial charge is 0.295 e. The van der Waals surface area contributed by atoms with Crippen molar-refractivity contribution >= 4 is 16.7 Å². The molecule has 7 rings (SSSR count). The standard InChI is InChI=1S/C31H25N7O2/c1-20-27(31(39)38(35(20)2)23-12-8-5-9-13-23)36-18-25(21-10-6-4-7-11-21)26-29(36)32-19-37-30(26)33-28(34-37)22-14-16-24(40-3)17-15-22/h4-19H,1-3H3. The highest BCUT2D eigenvalue weighted by molar-refractivity contribution is 6.04. The maximum atomic E-state index is 14.0. The molecule has 0 saturated carbocycles. The molecule has 3 aromatic carbocycles. The molecule has 0 unspecified atom stereocenters. The van der Waals surface area contributed by atoms with Crippen molar-refractivity contribution in [1.82, 2.24) is 33.5 Å². The topological polar surface area (TPSA) is 84.2 Å². The lowest BCUT2D eigenvalue weighted by atomic mass is 10.1. The van der Waals surface area contributed by atoms with E-state index in [9.17, 15) is 4.79 Å². The Morgan fingerprint density at radius 2 is 1.52 bits per heavy atom. The first-order chi connectivity index (χ1) is 19.5. The minimum absolute atomic E-state index is 0.134. The van der Waals surface area contributed by atoms with Gasteiger partial charge in [-0.1, -0.05) is 48.5 Å². The van der Waals surface area contributed by atoms with E-state index in [-0.39, 0.29) is 5.56 Å². The van der Waals surface area contributed by atoms with Crippen LogP contribution in [0.5, 0.6) is 5.75 Å². The Hall–Kier alpha value is -5.44. The van der Waals surface area contributed by atoms with Crippen LogP contribution in [0.2, 0.25) is 0 Å². The van der Waals surface area contributed by atoms with Crippen molar-refractivity contribution in [1.29, 1.82) is 0 Å². The summed E-state index contributed by atoms with van der Waals surface area (Å²) < 4.78 is 12.4. The zero-order chi connectivity index (χ0) is 27.4. The molecule has 7 aromatic rings. The van der Waals surface area contributed by atoms with Gasteiger partial charge in [0.15, 0.2) is 17.1 Å². The Balaban J connectivity index is 1.51. The predicted octanol–water partition coefficient (Wildman–Crippen LogP) is 5.21. The van der Waals surface area contributed by atoms with Crippen LogP contribution < -0.4 is 10.3 Å². The molecule has 0 radical (unpaired) electrons. The molecule has 9 heteroatoms. The summed E-state index contributed by atoms with van der Waals surface area (Å²) in [6.45, 7) is 1.95. The number of ether oxygens (including phenoxy) is 1. The number of aromatic nitrogens is 7. The van der Waals surface area contributed by atoms with E-state index in [1.165, 1.54) is 0 Å². The van der Waals surface area contributed by atoms with E-state index < -0.39 is 0 Å². The van der Waals surface area contributed by atoms with Crippen LogP contribution in [-0.4, -0.2) is 40.6 Å². The largest absolute Gasteiger partial charge is 0.497 e. The molecule has 0 aliphatic heterocycles. The van der Waals surface area contributed by atoms with Gasteiger partial charge in [-0.3, -0.25) is 14.0 Å². The van der Waals surface area contributed by atoms with Crippen LogP contribution in [0.4, 0.5) is 0 Å². The van der Waals surface area contributed by atoms with Gasteiger partial charge in [-0.2, -0.15) is 0 Å². The third kappa shape index (κ3) is 3.55. The number of para-hydroxylation sites is 1. The van der Waals surface area contributed by atoms with Gasteiger partial charge in [-0.15, -0.1) is 5.10 Å². The summed E-state index contributed by atoms with van der Waals surface area (Å²) in [7, 11) is 3.53. The number of nitrogens with zero attached hydrogens (tertiary/aromatic N) is 7. The second-order valence-corrected chi connectivity index (χ2v) is 9.56. The van der Waals surface area contributed by atoms with Gasteiger partial charge in [0, 0.05) is 24.4 Å². The van der Waals surface area contributed by atoms with E-state index in [1.807, 2.05) is 114 Å². The van der Waals surface area contributed by atoms with Crippen molar-refractivity contribution < 1.29 is 4.74 Å². The number of rotatable bonds is 5. The first-order valence-corrected chi connectivity index (χ1v) is 12.9. The van der Waals surface area contributed by atoms with Gasteiger partial charge in [0.25, 0.3) is 5.56 Å². The molecule has 196 valence electrons. The van der Waals surface area contributed by atoms with Gasteiger partial charge in [0.2, 0.25) is 0 Å². The average molecular weight is 528 g/mol. The van der Waals surface area contributed by atoms with Crippen molar-refractivity contribution in [2.75, 3.05) is 7.11 Å². The first kappa shape index (κ1) is 23.7. The van der Waals surface area contributed by atoms with E-state index in [4.69, 9.17) is 19.8 Å². The molecule has 4 heterocycles. The van der Waals surface area contributed by atoms with Crippen LogP contribution in [0.25, 0.3) is 50.6 Å². The number of fused-ring (bicyclic) bond motifs is 3. The third-order valence-electron chi connectivity index (χ3n) is 7.32. The second kappa shape index (κ2) is 9.09. The van der Waals surface area contributed by atoms with E-state index >= 15 is 0 Å². The second-order valence-electron chi connectivity index (χ2n) is 9.56. The quantitative estimate of drug-likeness (QED) is 0.307. The van der Waals surface area contributed by atoms with Crippen LogP contribution in [0.15, 0.2) is 102 Å². The molecule has 0 N–H and O–H groups in total. The summed E-state index contributed by atoms with van der Waals surface area (Å²) in [6, 6.07) is 27.3. The molecule has 0 aliphatic rings. The fraction of sp³-hybridized carbons (Fsp3) is 0.0968. The van der Waals surface area contributed by atoms with Crippen LogP contribution in [0.3, 0.4) is 0 Å². The Morgan fingerprint density at radius 3 is 2.23 bits per heavy atom. The monoisotopic (exact) mass is 527 g/mol. The molecular weight excluding hydrogens is 502 g/mol. The van der Waals surface area contributed by atoms with E-state index in [0.29, 0.717) is 22.8 Å². The SMILES string of the molecule is COc1ccc(-c2nc3c4c(-c5ccccc5)cn(-c5c(C)n(C)n(-c6ccccc6)c5=O)c4ncn3n2)cc1. The molecule has 0 saturated heterocycles. The summed E-state index contributed by atoms with van der Waals surface area (Å²) in [4.78, 5) is 23.7. The number of methoxy groups -OCH3 is 1. The van der Waals surface area contributed by atoms with Crippen LogP contribution in [0.1, 0.15) is 5.69 Å². The van der Waals surface area contributed by atoms with Gasteiger partial charge in [-0.25, -0.2) is 19.2 Å². The molecule has 0 bridgehead atoms. The van der Waals surface area contributed by atoms with Crippen molar-refractivity contribution in [3.8, 4) is 39.6 Å². The summed E-state index contributed by atoms with van der Waals surface area (Å²) in [6.07, 6.45) is 3.63. The van der Waals surface area contributed by atoms with Gasteiger partial charge >= 0.3 is 0 Å². The number of benzene rings is 3. The van der Waals surface area contributed by atoms with Crippen LogP contribution in [0, 0.1) is 6.92 Å². The van der Waals surface area contributed by atoms with E-state index in [0.717, 1.165) is 39.2 Å². The molecular formula is C31H25N7O2. The zero-order valence-corrected chi connectivity index (χ0v) is 22.2.